The summed E-state index contributed by atoms with van der Waals surface area (Å²) in [5.74, 6) is 0. The first kappa shape index (κ1) is 6.33. The van der Waals surface area contributed by atoms with Crippen LogP contribution in [-0.2, 0) is 9.53 Å². The van der Waals surface area contributed by atoms with Crippen molar-refractivity contribution in [2.24, 2.45) is 0 Å². The monoisotopic (exact) mass is 126 g/mol. The largest absolute Gasteiger partial charge is 0.457 e. The molecule has 0 N–H and O–H groups in total. The quantitative estimate of drug-likeness (QED) is 0.411. The Hall–Kier alpha value is -0.790. The third-order valence-electron chi connectivity index (χ3n) is 1.60. The lowest BCUT2D eigenvalue weighted by Gasteiger charge is -2.18. The zero-order chi connectivity index (χ0) is 6.74. The summed E-state index contributed by atoms with van der Waals surface area (Å²) in [5, 5.41) is 0. The molecule has 0 bridgehead atoms. The van der Waals surface area contributed by atoms with E-state index in [9.17, 15) is 4.79 Å². The zero-order valence-electron chi connectivity index (χ0n) is 5.46. The molecule has 50 valence electrons. The number of rotatable bonds is 2. The van der Waals surface area contributed by atoms with Crippen molar-refractivity contribution in [2.45, 2.75) is 25.4 Å². The number of hydrogen-bond donors (Lipinski definition) is 0. The van der Waals surface area contributed by atoms with Crippen LogP contribution in [0.1, 0.15) is 19.8 Å². The second kappa shape index (κ2) is 2.21. The maximum Gasteiger partial charge on any atom is 0.293 e. The summed E-state index contributed by atoms with van der Waals surface area (Å²) in [6.07, 6.45) is 5.90. The molecule has 2 heteroatoms. The minimum atomic E-state index is -0.304. The predicted molar refractivity (Wildman–Crippen MR) is 33.9 cm³/mol. The number of ether oxygens (including phenoxy) is 1. The highest BCUT2D eigenvalue weighted by Gasteiger charge is 2.24. The van der Waals surface area contributed by atoms with Gasteiger partial charge in [0.1, 0.15) is 5.60 Å². The first-order chi connectivity index (χ1) is 4.27. The van der Waals surface area contributed by atoms with E-state index in [1.165, 1.54) is 0 Å². The van der Waals surface area contributed by atoms with E-state index in [1.807, 2.05) is 19.1 Å². The SMILES string of the molecule is CC1(OC=O)C=CCC1. The second-order valence-corrected chi connectivity index (χ2v) is 2.47. The van der Waals surface area contributed by atoms with Crippen LogP contribution in [-0.4, -0.2) is 12.1 Å². The van der Waals surface area contributed by atoms with Gasteiger partial charge < -0.3 is 4.74 Å². The Morgan fingerprint density at radius 1 is 1.78 bits per heavy atom. The van der Waals surface area contributed by atoms with E-state index in [1.54, 1.807) is 0 Å². The van der Waals surface area contributed by atoms with Crippen molar-refractivity contribution in [3.05, 3.63) is 12.2 Å². The molecule has 0 aromatic carbocycles. The van der Waals surface area contributed by atoms with Crippen LogP contribution in [0.15, 0.2) is 12.2 Å². The van der Waals surface area contributed by atoms with Gasteiger partial charge in [0, 0.05) is 0 Å². The third-order valence-corrected chi connectivity index (χ3v) is 1.60. The van der Waals surface area contributed by atoms with Crippen molar-refractivity contribution in [3.8, 4) is 0 Å². The van der Waals surface area contributed by atoms with Crippen molar-refractivity contribution in [1.29, 1.82) is 0 Å². The van der Waals surface area contributed by atoms with Gasteiger partial charge in [0.2, 0.25) is 0 Å². The molecule has 0 spiro atoms. The Morgan fingerprint density at radius 2 is 2.56 bits per heavy atom. The molecule has 0 aliphatic heterocycles. The molecular formula is C7H10O2. The molecule has 1 rings (SSSR count). The maximum atomic E-state index is 9.91. The van der Waals surface area contributed by atoms with Crippen LogP contribution in [0.3, 0.4) is 0 Å². The number of carbonyl (C=O) groups is 1. The lowest BCUT2D eigenvalue weighted by molar-refractivity contribution is -0.137. The molecule has 0 amide bonds. The molecule has 0 saturated heterocycles. The smallest absolute Gasteiger partial charge is 0.293 e. The van der Waals surface area contributed by atoms with Gasteiger partial charge in [-0.05, 0) is 25.8 Å². The Kier molecular flexibility index (Phi) is 1.56. The highest BCUT2D eigenvalue weighted by molar-refractivity contribution is 5.39. The molecule has 0 heterocycles. The fourth-order valence-electron chi connectivity index (χ4n) is 0.994. The van der Waals surface area contributed by atoms with Crippen molar-refractivity contribution >= 4 is 6.47 Å². The highest BCUT2D eigenvalue weighted by atomic mass is 16.5. The van der Waals surface area contributed by atoms with Gasteiger partial charge in [-0.2, -0.15) is 0 Å². The van der Waals surface area contributed by atoms with Crippen LogP contribution < -0.4 is 0 Å². The minimum Gasteiger partial charge on any atom is -0.457 e. The Balaban J connectivity index is 2.51. The molecular weight excluding hydrogens is 116 g/mol. The summed E-state index contributed by atoms with van der Waals surface area (Å²) in [6.45, 7) is 2.42. The lowest BCUT2D eigenvalue weighted by atomic mass is 10.1. The topological polar surface area (TPSA) is 26.3 Å². The van der Waals surface area contributed by atoms with E-state index in [4.69, 9.17) is 4.74 Å². The molecule has 1 aliphatic rings. The third kappa shape index (κ3) is 1.31. The van der Waals surface area contributed by atoms with Crippen molar-refractivity contribution in [3.63, 3.8) is 0 Å². The van der Waals surface area contributed by atoms with Crippen LogP contribution in [0.2, 0.25) is 0 Å². The van der Waals surface area contributed by atoms with Gasteiger partial charge in [0.05, 0.1) is 0 Å². The Labute approximate surface area is 54.5 Å². The van der Waals surface area contributed by atoms with Crippen molar-refractivity contribution in [2.75, 3.05) is 0 Å². The lowest BCUT2D eigenvalue weighted by Crippen LogP contribution is -2.21. The van der Waals surface area contributed by atoms with Gasteiger partial charge >= 0.3 is 0 Å². The molecule has 2 nitrogen and oxygen atoms in total. The minimum absolute atomic E-state index is 0.304. The van der Waals surface area contributed by atoms with E-state index < -0.39 is 0 Å². The normalized spacial score (nSPS) is 32.6. The fraction of sp³-hybridized carbons (Fsp3) is 0.571. The molecule has 1 unspecified atom stereocenters. The average molecular weight is 126 g/mol. The summed E-state index contributed by atoms with van der Waals surface area (Å²) in [4.78, 5) is 9.91. The first-order valence-electron chi connectivity index (χ1n) is 3.06. The van der Waals surface area contributed by atoms with Gasteiger partial charge in [-0.1, -0.05) is 6.08 Å². The van der Waals surface area contributed by atoms with Crippen LogP contribution in [0.25, 0.3) is 0 Å². The van der Waals surface area contributed by atoms with Gasteiger partial charge in [-0.3, -0.25) is 4.79 Å². The van der Waals surface area contributed by atoms with Gasteiger partial charge in [0.15, 0.2) is 0 Å². The number of allylic oxidation sites excluding steroid dienone is 1. The molecule has 1 atom stereocenters. The molecule has 0 saturated carbocycles. The Morgan fingerprint density at radius 3 is 3.00 bits per heavy atom. The van der Waals surface area contributed by atoms with Gasteiger partial charge in [-0.15, -0.1) is 0 Å². The molecule has 0 aromatic heterocycles. The van der Waals surface area contributed by atoms with E-state index in [-0.39, 0.29) is 5.60 Å². The second-order valence-electron chi connectivity index (χ2n) is 2.47. The maximum absolute atomic E-state index is 9.91. The van der Waals surface area contributed by atoms with Crippen molar-refractivity contribution in [1.82, 2.24) is 0 Å². The molecule has 0 aromatic rings. The van der Waals surface area contributed by atoms with Crippen LogP contribution in [0.4, 0.5) is 0 Å². The summed E-state index contributed by atoms with van der Waals surface area (Å²) < 4.78 is 4.82. The first-order valence-corrected chi connectivity index (χ1v) is 3.06. The van der Waals surface area contributed by atoms with E-state index in [2.05, 4.69) is 0 Å². The van der Waals surface area contributed by atoms with Crippen molar-refractivity contribution < 1.29 is 9.53 Å². The van der Waals surface area contributed by atoms with Crippen LogP contribution in [0, 0.1) is 0 Å². The summed E-state index contributed by atoms with van der Waals surface area (Å²) in [7, 11) is 0. The van der Waals surface area contributed by atoms with Crippen LogP contribution in [0.5, 0.6) is 0 Å². The van der Waals surface area contributed by atoms with Crippen LogP contribution >= 0.6 is 0 Å². The average Bonchev–Trinajstić information content (AvgIpc) is 2.16. The van der Waals surface area contributed by atoms with E-state index in [0.29, 0.717) is 6.47 Å². The fourth-order valence-corrected chi connectivity index (χ4v) is 0.994. The van der Waals surface area contributed by atoms with E-state index >= 15 is 0 Å². The summed E-state index contributed by atoms with van der Waals surface area (Å²) in [6, 6.07) is 0. The molecule has 0 radical (unpaired) electrons. The zero-order valence-corrected chi connectivity index (χ0v) is 5.46. The predicted octanol–water partition coefficient (Wildman–Crippen LogP) is 1.27. The molecule has 1 aliphatic carbocycles. The standard InChI is InChI=1S/C7H10O2/c1-7(9-6-8)4-2-3-5-7/h2,4,6H,3,5H2,1H3. The molecule has 0 fully saturated rings. The summed E-state index contributed by atoms with van der Waals surface area (Å²) in [5.41, 5.74) is -0.304. The molecule has 9 heavy (non-hydrogen) atoms. The van der Waals surface area contributed by atoms with Gasteiger partial charge in [0.25, 0.3) is 6.47 Å². The highest BCUT2D eigenvalue weighted by Crippen LogP contribution is 2.24. The number of hydrogen-bond acceptors (Lipinski definition) is 2. The van der Waals surface area contributed by atoms with E-state index in [0.717, 1.165) is 12.8 Å². The number of carbonyl (C=O) groups excluding carboxylic acids is 1. The summed E-state index contributed by atoms with van der Waals surface area (Å²) >= 11 is 0. The van der Waals surface area contributed by atoms with Gasteiger partial charge in [-0.25, -0.2) is 0 Å². The Bertz CT molecular complexity index is 140.